The maximum absolute atomic E-state index is 12.3. The van der Waals surface area contributed by atoms with E-state index >= 15 is 0 Å². The van der Waals surface area contributed by atoms with Crippen LogP contribution in [0.2, 0.25) is 0 Å². The summed E-state index contributed by atoms with van der Waals surface area (Å²) in [5.74, 6) is -0.838. The standard InChI is InChI=1S/C14H18O5/c1-17-12(16)13-4-3-11(15)8-10(13)2-5-14(9-13)18-6-7-19-14/h8H,2-7,9H2,1H3. The van der Waals surface area contributed by atoms with Crippen LogP contribution >= 0.6 is 0 Å². The first-order valence-corrected chi connectivity index (χ1v) is 6.70. The minimum absolute atomic E-state index is 0.0961. The normalized spacial score (nSPS) is 32.9. The van der Waals surface area contributed by atoms with Crippen molar-refractivity contribution in [2.75, 3.05) is 20.3 Å². The lowest BCUT2D eigenvalue weighted by Crippen LogP contribution is -2.49. The second kappa shape index (κ2) is 4.42. The highest BCUT2D eigenvalue weighted by Crippen LogP contribution is 2.53. The van der Waals surface area contributed by atoms with Gasteiger partial charge in [0.25, 0.3) is 0 Å². The molecule has 5 heteroatoms. The van der Waals surface area contributed by atoms with E-state index in [0.717, 1.165) is 5.57 Å². The number of hydrogen-bond acceptors (Lipinski definition) is 5. The van der Waals surface area contributed by atoms with E-state index in [4.69, 9.17) is 14.2 Å². The highest BCUT2D eigenvalue weighted by Gasteiger charge is 2.56. The summed E-state index contributed by atoms with van der Waals surface area (Å²) in [7, 11) is 1.39. The van der Waals surface area contributed by atoms with Crippen molar-refractivity contribution in [3.8, 4) is 0 Å². The number of ether oxygens (including phenoxy) is 3. The van der Waals surface area contributed by atoms with Gasteiger partial charge >= 0.3 is 5.97 Å². The lowest BCUT2D eigenvalue weighted by molar-refractivity contribution is -0.202. The average molecular weight is 266 g/mol. The van der Waals surface area contributed by atoms with Crippen LogP contribution in [0.3, 0.4) is 0 Å². The van der Waals surface area contributed by atoms with Crippen LogP contribution in [-0.4, -0.2) is 37.9 Å². The monoisotopic (exact) mass is 266 g/mol. The van der Waals surface area contributed by atoms with Gasteiger partial charge in [0, 0.05) is 19.3 Å². The quantitative estimate of drug-likeness (QED) is 0.671. The van der Waals surface area contributed by atoms with E-state index in [1.165, 1.54) is 7.11 Å². The zero-order valence-corrected chi connectivity index (χ0v) is 11.1. The minimum Gasteiger partial charge on any atom is -0.468 e. The summed E-state index contributed by atoms with van der Waals surface area (Å²) >= 11 is 0. The number of allylic oxidation sites excluding steroid dienone is 1. The van der Waals surface area contributed by atoms with Crippen LogP contribution in [0.4, 0.5) is 0 Å². The van der Waals surface area contributed by atoms with Crippen molar-refractivity contribution in [2.45, 2.75) is 37.9 Å². The van der Waals surface area contributed by atoms with Gasteiger partial charge in [-0.2, -0.15) is 0 Å². The third-order valence-corrected chi connectivity index (χ3v) is 4.48. The van der Waals surface area contributed by atoms with Gasteiger partial charge in [0.05, 0.1) is 25.7 Å². The molecule has 0 N–H and O–H groups in total. The van der Waals surface area contributed by atoms with E-state index in [0.29, 0.717) is 45.3 Å². The van der Waals surface area contributed by atoms with Gasteiger partial charge in [-0.1, -0.05) is 0 Å². The summed E-state index contributed by atoms with van der Waals surface area (Å²) in [5.41, 5.74) is 0.158. The molecule has 1 heterocycles. The molecule has 1 atom stereocenters. The lowest BCUT2D eigenvalue weighted by atomic mass is 9.62. The Hall–Kier alpha value is -1.20. The van der Waals surface area contributed by atoms with Gasteiger partial charge in [-0.25, -0.2) is 0 Å². The number of ketones is 1. The van der Waals surface area contributed by atoms with Crippen molar-refractivity contribution in [2.24, 2.45) is 5.41 Å². The van der Waals surface area contributed by atoms with Crippen LogP contribution < -0.4 is 0 Å². The number of rotatable bonds is 1. The van der Waals surface area contributed by atoms with E-state index in [-0.39, 0.29) is 11.8 Å². The van der Waals surface area contributed by atoms with Gasteiger partial charge < -0.3 is 14.2 Å². The molecule has 0 aromatic heterocycles. The van der Waals surface area contributed by atoms with Gasteiger partial charge in [-0.3, -0.25) is 9.59 Å². The maximum atomic E-state index is 12.3. The third-order valence-electron chi connectivity index (χ3n) is 4.48. The number of fused-ring (bicyclic) bond motifs is 1. The van der Waals surface area contributed by atoms with Gasteiger partial charge in [-0.05, 0) is 24.5 Å². The van der Waals surface area contributed by atoms with Crippen LogP contribution in [0.25, 0.3) is 0 Å². The molecule has 1 spiro atoms. The Balaban J connectivity index is 1.98. The van der Waals surface area contributed by atoms with Crippen molar-refractivity contribution in [1.82, 2.24) is 0 Å². The van der Waals surface area contributed by atoms with Crippen molar-refractivity contribution in [3.63, 3.8) is 0 Å². The molecular weight excluding hydrogens is 248 g/mol. The summed E-state index contributed by atoms with van der Waals surface area (Å²) in [5, 5.41) is 0. The molecule has 2 fully saturated rings. The number of methoxy groups -OCH3 is 1. The molecule has 0 amide bonds. The molecule has 2 aliphatic carbocycles. The molecule has 5 nitrogen and oxygen atoms in total. The molecule has 0 aromatic rings. The van der Waals surface area contributed by atoms with E-state index in [2.05, 4.69) is 0 Å². The van der Waals surface area contributed by atoms with E-state index in [1.807, 2.05) is 0 Å². The summed E-state index contributed by atoms with van der Waals surface area (Å²) in [4.78, 5) is 23.9. The fourth-order valence-electron chi connectivity index (χ4n) is 3.53. The fraction of sp³-hybridized carbons (Fsp3) is 0.714. The molecule has 1 unspecified atom stereocenters. The highest BCUT2D eigenvalue weighted by molar-refractivity contribution is 5.95. The molecule has 104 valence electrons. The zero-order chi connectivity index (χ0) is 13.5. The van der Waals surface area contributed by atoms with E-state index < -0.39 is 11.2 Å². The molecule has 0 radical (unpaired) electrons. The third kappa shape index (κ3) is 1.92. The summed E-state index contributed by atoms with van der Waals surface area (Å²) in [6.07, 6.45) is 4.33. The predicted octanol–water partition coefficient (Wildman–Crippen LogP) is 1.36. The molecule has 0 bridgehead atoms. The number of carbonyl (C=O) groups is 2. The SMILES string of the molecule is COC(=O)C12CCC(=O)C=C1CCC1(C2)OCCO1. The van der Waals surface area contributed by atoms with E-state index in [9.17, 15) is 9.59 Å². The van der Waals surface area contributed by atoms with Gasteiger partial charge in [0.2, 0.25) is 0 Å². The van der Waals surface area contributed by atoms with Crippen LogP contribution in [0, 0.1) is 5.41 Å². The fourth-order valence-corrected chi connectivity index (χ4v) is 3.53. The van der Waals surface area contributed by atoms with Crippen molar-refractivity contribution >= 4 is 11.8 Å². The van der Waals surface area contributed by atoms with E-state index in [1.54, 1.807) is 6.08 Å². The summed E-state index contributed by atoms with van der Waals surface area (Å²) in [6.45, 7) is 1.13. The number of carbonyl (C=O) groups excluding carboxylic acids is 2. The molecular formula is C14H18O5. The predicted molar refractivity (Wildman–Crippen MR) is 65.3 cm³/mol. The van der Waals surface area contributed by atoms with Crippen molar-refractivity contribution < 1.29 is 23.8 Å². The Bertz CT molecular complexity index is 447. The second-order valence-corrected chi connectivity index (χ2v) is 5.49. The van der Waals surface area contributed by atoms with Gasteiger partial charge in [-0.15, -0.1) is 0 Å². The maximum Gasteiger partial charge on any atom is 0.316 e. The van der Waals surface area contributed by atoms with Crippen molar-refractivity contribution in [3.05, 3.63) is 11.6 Å². The first-order valence-electron chi connectivity index (χ1n) is 6.70. The molecule has 19 heavy (non-hydrogen) atoms. The van der Waals surface area contributed by atoms with Crippen molar-refractivity contribution in [1.29, 1.82) is 0 Å². The summed E-state index contributed by atoms with van der Waals surface area (Å²) in [6, 6.07) is 0. The molecule has 1 saturated carbocycles. The summed E-state index contributed by atoms with van der Waals surface area (Å²) < 4.78 is 16.5. The minimum atomic E-state index is -0.731. The zero-order valence-electron chi connectivity index (χ0n) is 11.1. The first kappa shape index (κ1) is 12.8. The van der Waals surface area contributed by atoms with Crippen LogP contribution in [0.15, 0.2) is 11.6 Å². The van der Waals surface area contributed by atoms with Crippen LogP contribution in [0.1, 0.15) is 32.1 Å². The van der Waals surface area contributed by atoms with Gasteiger partial charge in [0.15, 0.2) is 11.6 Å². The molecule has 1 saturated heterocycles. The Morgan fingerprint density at radius 2 is 2.00 bits per heavy atom. The van der Waals surface area contributed by atoms with Crippen LogP contribution in [-0.2, 0) is 23.8 Å². The topological polar surface area (TPSA) is 61.8 Å². The highest BCUT2D eigenvalue weighted by atomic mass is 16.7. The van der Waals surface area contributed by atoms with Gasteiger partial charge in [0.1, 0.15) is 0 Å². The largest absolute Gasteiger partial charge is 0.468 e. The Morgan fingerprint density at radius 3 is 2.68 bits per heavy atom. The second-order valence-electron chi connectivity index (χ2n) is 5.49. The van der Waals surface area contributed by atoms with Crippen LogP contribution in [0.5, 0.6) is 0 Å². The molecule has 3 aliphatic rings. The Kier molecular flexibility index (Phi) is 2.98. The lowest BCUT2D eigenvalue weighted by Gasteiger charge is -2.46. The number of hydrogen-bond donors (Lipinski definition) is 0. The molecule has 0 aromatic carbocycles. The molecule has 1 aliphatic heterocycles. The number of esters is 1. The average Bonchev–Trinajstić information content (AvgIpc) is 2.86. The smallest absolute Gasteiger partial charge is 0.316 e. The Labute approximate surface area is 111 Å². The first-order chi connectivity index (χ1) is 9.10. The Morgan fingerprint density at radius 1 is 1.26 bits per heavy atom. The molecule has 3 rings (SSSR count).